The van der Waals surface area contributed by atoms with Crippen LogP contribution in [0.15, 0.2) is 30.5 Å². The van der Waals surface area contributed by atoms with Gasteiger partial charge in [-0.05, 0) is 31.9 Å². The molecule has 0 spiro atoms. The second-order valence-corrected chi connectivity index (χ2v) is 5.26. The summed E-state index contributed by atoms with van der Waals surface area (Å²) in [6.45, 7) is 4.24. The number of para-hydroxylation sites is 1. The van der Waals surface area contributed by atoms with E-state index in [1.165, 1.54) is 5.56 Å². The molecule has 4 nitrogen and oxygen atoms in total. The monoisotopic (exact) mass is 270 g/mol. The van der Waals surface area contributed by atoms with E-state index in [9.17, 15) is 5.11 Å². The van der Waals surface area contributed by atoms with Gasteiger partial charge in [0.2, 0.25) is 0 Å². The Labute approximate surface area is 118 Å². The molecule has 1 aromatic heterocycles. The number of ether oxygens (including phenoxy) is 1. The zero-order chi connectivity index (χ0) is 14.1. The molecule has 20 heavy (non-hydrogen) atoms. The van der Waals surface area contributed by atoms with Crippen molar-refractivity contribution in [2.24, 2.45) is 0 Å². The fourth-order valence-electron chi connectivity index (χ4n) is 2.60. The maximum absolute atomic E-state index is 9.63. The second kappa shape index (κ2) is 5.21. The van der Waals surface area contributed by atoms with Gasteiger partial charge in [0.15, 0.2) is 0 Å². The number of nitrogens with zero attached hydrogens (tertiary/aromatic N) is 2. The molecule has 2 atom stereocenters. The van der Waals surface area contributed by atoms with Gasteiger partial charge in [-0.2, -0.15) is 0 Å². The van der Waals surface area contributed by atoms with Crippen LogP contribution in [0.3, 0.4) is 0 Å². The molecule has 104 valence electrons. The molecular weight excluding hydrogens is 252 g/mol. The molecule has 1 aliphatic rings. The van der Waals surface area contributed by atoms with Crippen LogP contribution in [0.5, 0.6) is 5.75 Å². The summed E-state index contributed by atoms with van der Waals surface area (Å²) < 4.78 is 5.78. The summed E-state index contributed by atoms with van der Waals surface area (Å²) in [6, 6.07) is 8.08. The first-order valence-corrected chi connectivity index (χ1v) is 6.87. The highest BCUT2D eigenvalue weighted by molar-refractivity contribution is 5.36. The molecule has 4 heteroatoms. The molecule has 0 saturated carbocycles. The minimum absolute atomic E-state index is 0.173. The third-order valence-electron chi connectivity index (χ3n) is 3.73. The van der Waals surface area contributed by atoms with E-state index in [1.807, 2.05) is 25.1 Å². The van der Waals surface area contributed by atoms with E-state index in [0.29, 0.717) is 6.61 Å². The zero-order valence-corrected chi connectivity index (χ0v) is 11.7. The van der Waals surface area contributed by atoms with E-state index in [2.05, 4.69) is 16.0 Å². The van der Waals surface area contributed by atoms with Crippen molar-refractivity contribution in [3.8, 4) is 5.75 Å². The van der Waals surface area contributed by atoms with Crippen LogP contribution in [-0.4, -0.2) is 21.7 Å². The van der Waals surface area contributed by atoms with E-state index in [1.54, 1.807) is 13.1 Å². The minimum atomic E-state index is -0.535. The van der Waals surface area contributed by atoms with Crippen LogP contribution < -0.4 is 4.74 Å². The van der Waals surface area contributed by atoms with Gasteiger partial charge in [0.25, 0.3) is 0 Å². The Morgan fingerprint density at radius 2 is 2.15 bits per heavy atom. The second-order valence-electron chi connectivity index (χ2n) is 5.26. The third-order valence-corrected chi connectivity index (χ3v) is 3.73. The maximum atomic E-state index is 9.63. The van der Waals surface area contributed by atoms with Gasteiger partial charge in [0.05, 0.1) is 18.6 Å². The third kappa shape index (κ3) is 2.39. The fourth-order valence-corrected chi connectivity index (χ4v) is 2.60. The average molecular weight is 270 g/mol. The lowest BCUT2D eigenvalue weighted by molar-refractivity contribution is 0.197. The molecule has 3 rings (SSSR count). The summed E-state index contributed by atoms with van der Waals surface area (Å²) in [5, 5.41) is 9.63. The van der Waals surface area contributed by atoms with Crippen LogP contribution in [0, 0.1) is 6.92 Å². The van der Waals surface area contributed by atoms with Crippen LogP contribution in [0.25, 0.3) is 0 Å². The predicted molar refractivity (Wildman–Crippen MR) is 75.8 cm³/mol. The predicted octanol–water partition coefficient (Wildman–Crippen LogP) is 2.56. The lowest BCUT2D eigenvalue weighted by Crippen LogP contribution is -2.21. The van der Waals surface area contributed by atoms with Gasteiger partial charge >= 0.3 is 0 Å². The number of benzene rings is 1. The molecule has 0 radical (unpaired) electrons. The maximum Gasteiger partial charge on any atom is 0.135 e. The highest BCUT2D eigenvalue weighted by Gasteiger charge is 2.24. The van der Waals surface area contributed by atoms with Crippen molar-refractivity contribution in [3.05, 3.63) is 53.1 Å². The van der Waals surface area contributed by atoms with E-state index < -0.39 is 6.10 Å². The number of aryl methyl sites for hydroxylation is 1. The number of rotatable bonds is 2. The molecule has 1 aromatic carbocycles. The normalized spacial score (nSPS) is 19.1. The summed E-state index contributed by atoms with van der Waals surface area (Å²) in [6.07, 6.45) is 2.08. The smallest absolute Gasteiger partial charge is 0.135 e. The fraction of sp³-hybridized carbons (Fsp3) is 0.375. The molecular formula is C16H18N2O2. The van der Waals surface area contributed by atoms with Gasteiger partial charge in [-0.1, -0.05) is 18.2 Å². The molecule has 0 saturated heterocycles. The number of aromatic nitrogens is 2. The summed E-state index contributed by atoms with van der Waals surface area (Å²) >= 11 is 0. The quantitative estimate of drug-likeness (QED) is 0.911. The van der Waals surface area contributed by atoms with Crippen molar-refractivity contribution in [2.75, 3.05) is 6.61 Å². The average Bonchev–Trinajstić information content (AvgIpc) is 2.46. The van der Waals surface area contributed by atoms with Crippen molar-refractivity contribution in [1.29, 1.82) is 0 Å². The topological polar surface area (TPSA) is 55.2 Å². The number of fused-ring (bicyclic) bond motifs is 1. The SMILES string of the molecule is Cc1nc(C2COc3ccccc3C2)ncc1[C@H](C)O. The number of aliphatic hydroxyl groups is 1. The first-order valence-electron chi connectivity index (χ1n) is 6.87. The minimum Gasteiger partial charge on any atom is -0.493 e. The van der Waals surface area contributed by atoms with Crippen LogP contribution in [0.1, 0.15) is 41.6 Å². The van der Waals surface area contributed by atoms with Gasteiger partial charge in [0, 0.05) is 17.5 Å². The van der Waals surface area contributed by atoms with Crippen LogP contribution in [0.2, 0.25) is 0 Å². The zero-order valence-electron chi connectivity index (χ0n) is 11.7. The number of hydrogen-bond acceptors (Lipinski definition) is 4. The highest BCUT2D eigenvalue weighted by atomic mass is 16.5. The largest absolute Gasteiger partial charge is 0.493 e. The van der Waals surface area contributed by atoms with E-state index in [4.69, 9.17) is 4.74 Å². The molecule has 1 N–H and O–H groups in total. The van der Waals surface area contributed by atoms with Crippen LogP contribution in [-0.2, 0) is 6.42 Å². The van der Waals surface area contributed by atoms with E-state index in [0.717, 1.165) is 29.3 Å². The Morgan fingerprint density at radius 3 is 2.90 bits per heavy atom. The first kappa shape index (κ1) is 13.1. The van der Waals surface area contributed by atoms with Crippen LogP contribution in [0.4, 0.5) is 0 Å². The van der Waals surface area contributed by atoms with Gasteiger partial charge in [-0.15, -0.1) is 0 Å². The Hall–Kier alpha value is -1.94. The molecule has 1 aliphatic heterocycles. The van der Waals surface area contributed by atoms with E-state index in [-0.39, 0.29) is 5.92 Å². The summed E-state index contributed by atoms with van der Waals surface area (Å²) in [4.78, 5) is 8.95. The van der Waals surface area contributed by atoms with Crippen molar-refractivity contribution in [2.45, 2.75) is 32.3 Å². The summed E-state index contributed by atoms with van der Waals surface area (Å²) in [7, 11) is 0. The van der Waals surface area contributed by atoms with Crippen LogP contribution >= 0.6 is 0 Å². The lowest BCUT2D eigenvalue weighted by atomic mass is 9.96. The Bertz CT molecular complexity index is 626. The van der Waals surface area contributed by atoms with Gasteiger partial charge in [-0.3, -0.25) is 0 Å². The summed E-state index contributed by atoms with van der Waals surface area (Å²) in [5.41, 5.74) is 2.82. The molecule has 2 heterocycles. The van der Waals surface area contributed by atoms with Gasteiger partial charge in [0.1, 0.15) is 11.6 Å². The Kier molecular flexibility index (Phi) is 3.40. The lowest BCUT2D eigenvalue weighted by Gasteiger charge is -2.24. The Balaban J connectivity index is 1.86. The molecule has 0 aliphatic carbocycles. The molecule has 1 unspecified atom stereocenters. The van der Waals surface area contributed by atoms with Gasteiger partial charge in [-0.25, -0.2) is 9.97 Å². The van der Waals surface area contributed by atoms with E-state index >= 15 is 0 Å². The van der Waals surface area contributed by atoms with Crippen molar-refractivity contribution >= 4 is 0 Å². The van der Waals surface area contributed by atoms with Crippen molar-refractivity contribution in [1.82, 2.24) is 9.97 Å². The standard InChI is InChI=1S/C16H18N2O2/c1-10-14(11(2)19)8-17-16(18-10)13-7-12-5-3-4-6-15(12)20-9-13/h3-6,8,11,13,19H,7,9H2,1-2H3/t11-,13?/m0/s1. The molecule has 0 bridgehead atoms. The van der Waals surface area contributed by atoms with Crippen molar-refractivity contribution in [3.63, 3.8) is 0 Å². The first-order chi connectivity index (χ1) is 9.65. The molecule has 2 aromatic rings. The Morgan fingerprint density at radius 1 is 1.35 bits per heavy atom. The number of hydrogen-bond donors (Lipinski definition) is 1. The van der Waals surface area contributed by atoms with Gasteiger partial charge < -0.3 is 9.84 Å². The summed E-state index contributed by atoms with van der Waals surface area (Å²) in [5.74, 6) is 1.93. The highest BCUT2D eigenvalue weighted by Crippen LogP contribution is 2.31. The molecule has 0 amide bonds. The molecule has 0 fully saturated rings. The number of aliphatic hydroxyl groups excluding tert-OH is 1. The van der Waals surface area contributed by atoms with Crippen molar-refractivity contribution < 1.29 is 9.84 Å².